The average molecular weight is 626 g/mol. The molecule has 4 rings (SSSR count). The van der Waals surface area contributed by atoms with Gasteiger partial charge in [-0.05, 0) is 58.1 Å². The first-order valence-corrected chi connectivity index (χ1v) is 16.0. The molecule has 1 aliphatic carbocycles. The summed E-state index contributed by atoms with van der Waals surface area (Å²) in [4.78, 5) is 43.9. The van der Waals surface area contributed by atoms with E-state index in [0.29, 0.717) is 50.0 Å². The van der Waals surface area contributed by atoms with Crippen LogP contribution in [0.1, 0.15) is 71.3 Å². The SMILES string of the molecule is CC(C)(C)OC[C@@H](NC(=O)CC[C@H](NCc1cc(Oc2ccccc2)ncc1[N+](=O)[O-])C1CCCCC1)C(=O)N1CCOCC1. The minimum Gasteiger partial charge on any atom is -0.439 e. The number of para-hydroxylation sites is 1. The van der Waals surface area contributed by atoms with E-state index in [1.165, 1.54) is 12.6 Å². The predicted octanol–water partition coefficient (Wildman–Crippen LogP) is 4.76. The molecule has 1 saturated carbocycles. The Kier molecular flexibility index (Phi) is 12.7. The lowest BCUT2D eigenvalue weighted by Gasteiger charge is -2.33. The second-order valence-corrected chi connectivity index (χ2v) is 12.7. The van der Waals surface area contributed by atoms with Gasteiger partial charge in [-0.1, -0.05) is 37.5 Å². The van der Waals surface area contributed by atoms with Crippen LogP contribution >= 0.6 is 0 Å². The highest BCUT2D eigenvalue weighted by atomic mass is 16.6. The van der Waals surface area contributed by atoms with Gasteiger partial charge >= 0.3 is 0 Å². The Balaban J connectivity index is 1.42. The average Bonchev–Trinajstić information content (AvgIpc) is 3.03. The number of hydrogen-bond acceptors (Lipinski definition) is 9. The van der Waals surface area contributed by atoms with Gasteiger partial charge in [-0.2, -0.15) is 0 Å². The number of pyridine rings is 1. The Hall–Kier alpha value is -3.61. The smallest absolute Gasteiger partial charge is 0.292 e. The molecule has 2 fully saturated rings. The monoisotopic (exact) mass is 625 g/mol. The van der Waals surface area contributed by atoms with Crippen LogP contribution in [-0.2, 0) is 25.6 Å². The van der Waals surface area contributed by atoms with Gasteiger partial charge in [0.15, 0.2) is 0 Å². The zero-order valence-corrected chi connectivity index (χ0v) is 26.7. The van der Waals surface area contributed by atoms with Crippen LogP contribution in [-0.4, -0.2) is 77.2 Å². The number of nitrogens with one attached hydrogen (secondary N) is 2. The number of ether oxygens (including phenoxy) is 3. The second-order valence-electron chi connectivity index (χ2n) is 12.7. The Morgan fingerprint density at radius 2 is 1.84 bits per heavy atom. The lowest BCUT2D eigenvalue weighted by Crippen LogP contribution is -2.54. The fourth-order valence-corrected chi connectivity index (χ4v) is 5.79. The lowest BCUT2D eigenvalue weighted by molar-refractivity contribution is -0.386. The predicted molar refractivity (Wildman–Crippen MR) is 169 cm³/mol. The minimum absolute atomic E-state index is 0.0402. The molecule has 2 N–H and O–H groups in total. The number of morpholine rings is 1. The number of nitrogens with zero attached hydrogens (tertiary/aromatic N) is 3. The summed E-state index contributed by atoms with van der Waals surface area (Å²) in [7, 11) is 0. The van der Waals surface area contributed by atoms with Gasteiger partial charge in [-0.25, -0.2) is 4.98 Å². The number of nitro groups is 1. The summed E-state index contributed by atoms with van der Waals surface area (Å²) in [5.41, 5.74) is -0.0979. The molecular weight excluding hydrogens is 578 g/mol. The van der Waals surface area contributed by atoms with Crippen LogP contribution in [0.4, 0.5) is 5.69 Å². The molecule has 45 heavy (non-hydrogen) atoms. The molecule has 246 valence electrons. The summed E-state index contributed by atoms with van der Waals surface area (Å²) in [6, 6.07) is 9.90. The summed E-state index contributed by atoms with van der Waals surface area (Å²) in [5.74, 6) is 0.793. The molecule has 12 nitrogen and oxygen atoms in total. The zero-order valence-electron chi connectivity index (χ0n) is 26.7. The van der Waals surface area contributed by atoms with E-state index in [-0.39, 0.29) is 49.0 Å². The normalized spacial score (nSPS) is 17.4. The van der Waals surface area contributed by atoms with Gasteiger partial charge in [0.2, 0.25) is 17.7 Å². The number of aromatic nitrogens is 1. The summed E-state index contributed by atoms with van der Waals surface area (Å²) in [6.45, 7) is 7.94. The molecule has 2 aliphatic rings. The van der Waals surface area contributed by atoms with Crippen LogP contribution in [0, 0.1) is 16.0 Å². The Morgan fingerprint density at radius 1 is 1.13 bits per heavy atom. The minimum atomic E-state index is -0.793. The van der Waals surface area contributed by atoms with Gasteiger partial charge in [-0.15, -0.1) is 0 Å². The van der Waals surface area contributed by atoms with Crippen LogP contribution in [0.3, 0.4) is 0 Å². The molecule has 2 aromatic rings. The van der Waals surface area contributed by atoms with E-state index in [9.17, 15) is 19.7 Å². The molecule has 2 amide bonds. The number of carbonyl (C=O) groups excluding carboxylic acids is 2. The summed E-state index contributed by atoms with van der Waals surface area (Å²) in [6.07, 6.45) is 7.41. The van der Waals surface area contributed by atoms with Crippen molar-refractivity contribution in [2.45, 2.75) is 89.9 Å². The maximum atomic E-state index is 13.3. The van der Waals surface area contributed by atoms with Crippen LogP contribution in [0.15, 0.2) is 42.6 Å². The number of benzene rings is 1. The Morgan fingerprint density at radius 3 is 2.51 bits per heavy atom. The van der Waals surface area contributed by atoms with Gasteiger partial charge in [0, 0.05) is 38.2 Å². The molecule has 1 saturated heterocycles. The molecular formula is C33H47N5O7. The van der Waals surface area contributed by atoms with Crippen LogP contribution < -0.4 is 15.4 Å². The zero-order chi connectivity index (χ0) is 32.2. The third-order valence-corrected chi connectivity index (χ3v) is 8.20. The van der Waals surface area contributed by atoms with Gasteiger partial charge in [0.05, 0.1) is 35.9 Å². The van der Waals surface area contributed by atoms with E-state index in [4.69, 9.17) is 14.2 Å². The highest BCUT2D eigenvalue weighted by Crippen LogP contribution is 2.30. The molecule has 12 heteroatoms. The summed E-state index contributed by atoms with van der Waals surface area (Å²) < 4.78 is 17.1. The van der Waals surface area contributed by atoms with Gasteiger partial charge in [0.25, 0.3) is 5.69 Å². The van der Waals surface area contributed by atoms with E-state index in [1.807, 2.05) is 39.0 Å². The fourth-order valence-electron chi connectivity index (χ4n) is 5.79. The van der Waals surface area contributed by atoms with Crippen molar-refractivity contribution in [1.82, 2.24) is 20.5 Å². The third-order valence-electron chi connectivity index (χ3n) is 8.20. The molecule has 2 heterocycles. The molecule has 0 radical (unpaired) electrons. The summed E-state index contributed by atoms with van der Waals surface area (Å²) in [5, 5.41) is 18.3. The van der Waals surface area contributed by atoms with E-state index >= 15 is 0 Å². The van der Waals surface area contributed by atoms with Crippen molar-refractivity contribution in [3.63, 3.8) is 0 Å². The molecule has 0 spiro atoms. The third kappa shape index (κ3) is 11.1. The number of rotatable bonds is 14. The van der Waals surface area contributed by atoms with Gasteiger partial charge < -0.3 is 29.7 Å². The van der Waals surface area contributed by atoms with E-state index in [2.05, 4.69) is 15.6 Å². The first-order valence-electron chi connectivity index (χ1n) is 16.0. The van der Waals surface area contributed by atoms with E-state index in [0.717, 1.165) is 25.7 Å². The van der Waals surface area contributed by atoms with Gasteiger partial charge in [-0.3, -0.25) is 19.7 Å². The van der Waals surface area contributed by atoms with Crippen molar-refractivity contribution in [2.24, 2.45) is 5.92 Å². The quantitative estimate of drug-likeness (QED) is 0.224. The maximum absolute atomic E-state index is 13.3. The molecule has 0 bridgehead atoms. The molecule has 2 atom stereocenters. The molecule has 1 aliphatic heterocycles. The standard InChI is InChI=1S/C33H47N5O7/c1-33(2,3)44-23-28(32(40)37-16-18-43-19-17-37)36-30(39)15-14-27(24-10-6-4-7-11-24)34-21-25-20-31(35-22-29(25)38(41)42)45-26-12-8-5-9-13-26/h5,8-9,12-13,20,22,24,27-28,34H,4,6-7,10-11,14-19,21,23H2,1-3H3,(H,36,39)/t27-,28+/m0/s1. The van der Waals surface area contributed by atoms with Gasteiger partial charge in [0.1, 0.15) is 18.0 Å². The second kappa shape index (κ2) is 16.6. The largest absolute Gasteiger partial charge is 0.439 e. The Bertz CT molecular complexity index is 1260. The fraction of sp³-hybridized carbons (Fsp3) is 0.606. The topological polar surface area (TPSA) is 145 Å². The molecule has 1 aromatic carbocycles. The van der Waals surface area contributed by atoms with Crippen molar-refractivity contribution in [2.75, 3.05) is 32.9 Å². The van der Waals surface area contributed by atoms with Crippen LogP contribution in [0.2, 0.25) is 0 Å². The highest BCUT2D eigenvalue weighted by molar-refractivity contribution is 5.87. The van der Waals surface area contributed by atoms with Crippen molar-refractivity contribution in [1.29, 1.82) is 0 Å². The first kappa shape index (κ1) is 34.3. The molecule has 1 aromatic heterocycles. The lowest BCUT2D eigenvalue weighted by atomic mass is 9.82. The summed E-state index contributed by atoms with van der Waals surface area (Å²) >= 11 is 0. The van der Waals surface area contributed by atoms with Crippen molar-refractivity contribution < 1.29 is 28.7 Å². The van der Waals surface area contributed by atoms with Crippen LogP contribution in [0.5, 0.6) is 11.6 Å². The first-order chi connectivity index (χ1) is 21.6. The van der Waals surface area contributed by atoms with E-state index in [1.54, 1.807) is 23.1 Å². The van der Waals surface area contributed by atoms with Crippen molar-refractivity contribution in [3.8, 4) is 11.6 Å². The molecule has 0 unspecified atom stereocenters. The number of amides is 2. The van der Waals surface area contributed by atoms with Crippen molar-refractivity contribution in [3.05, 3.63) is 58.3 Å². The number of hydrogen-bond donors (Lipinski definition) is 2. The maximum Gasteiger partial charge on any atom is 0.292 e. The Labute approximate surface area is 265 Å². The van der Waals surface area contributed by atoms with Crippen molar-refractivity contribution >= 4 is 17.5 Å². The van der Waals surface area contributed by atoms with Crippen LogP contribution in [0.25, 0.3) is 0 Å². The number of carbonyl (C=O) groups is 2. The van der Waals surface area contributed by atoms with E-state index < -0.39 is 16.6 Å². The highest BCUT2D eigenvalue weighted by Gasteiger charge is 2.30.